The van der Waals surface area contributed by atoms with Crippen molar-refractivity contribution in [1.29, 1.82) is 0 Å². The predicted molar refractivity (Wildman–Crippen MR) is 209 cm³/mol. The van der Waals surface area contributed by atoms with Crippen LogP contribution in [0.3, 0.4) is 0 Å². The Balaban J connectivity index is 1.86. The molecule has 0 aliphatic heterocycles. The number of hydrogen-bond donors (Lipinski definition) is 0. The number of halogens is 4. The monoisotopic (exact) mass is 840 g/mol. The molecular formula is C40H44Cl4O11. The van der Waals surface area contributed by atoms with Gasteiger partial charge in [-0.2, -0.15) is 0 Å². The fraction of sp³-hybridized carbons (Fsp3) is 0.400. The van der Waals surface area contributed by atoms with E-state index < -0.39 is 45.4 Å². The molecule has 0 spiro atoms. The van der Waals surface area contributed by atoms with Crippen LogP contribution in [-0.2, 0) is 77.8 Å². The van der Waals surface area contributed by atoms with Crippen molar-refractivity contribution in [2.75, 3.05) is 6.61 Å². The second-order valence-corrected chi connectivity index (χ2v) is 15.0. The maximum Gasteiger partial charge on any atom is 0.324 e. The molecule has 0 bridgehead atoms. The van der Waals surface area contributed by atoms with Crippen molar-refractivity contribution in [1.82, 2.24) is 0 Å². The first-order chi connectivity index (χ1) is 26.1. The summed E-state index contributed by atoms with van der Waals surface area (Å²) >= 11 is 23.4. The SMILES string of the molecule is C=CCCOc1cc(COc2cc(COC(=O)C(C)Cl)cc(COC(=O)C(C)Cl)c2)cc(COc2cc(COC(=O)C(C)Cl)cc(COC(=O)C(C)Cl)c2)c1. The van der Waals surface area contributed by atoms with Gasteiger partial charge in [-0.05, 0) is 122 Å². The van der Waals surface area contributed by atoms with E-state index in [1.165, 1.54) is 27.7 Å². The van der Waals surface area contributed by atoms with Gasteiger partial charge in [0.2, 0.25) is 0 Å². The smallest absolute Gasteiger partial charge is 0.324 e. The number of carbonyl (C=O) groups is 4. The first-order valence-electron chi connectivity index (χ1n) is 17.2. The standard InChI is InChI=1S/C40H44Cl4O11/c1-6-7-8-49-34-12-28(18-50-35-14-30(20-52-37(45)24(2)41)10-31(15-35)21-53-38(46)25(3)42)9-29(13-34)19-51-36-16-32(22-54-39(47)26(4)43)11-33(17-36)23-55-40(48)27(5)44/h6,9-17,24-27H,1,7-8,18-23H2,2-5H3. The van der Waals surface area contributed by atoms with Gasteiger partial charge in [-0.15, -0.1) is 53.0 Å². The van der Waals surface area contributed by atoms with Crippen molar-refractivity contribution in [2.45, 2.75) is 95.3 Å². The second kappa shape index (κ2) is 23.0. The molecule has 0 amide bonds. The number of esters is 4. The quantitative estimate of drug-likeness (QED) is 0.0317. The Hall–Kier alpha value is -4.16. The molecule has 3 rings (SSSR count). The van der Waals surface area contributed by atoms with Gasteiger partial charge in [0.1, 0.15) is 78.4 Å². The molecular weight excluding hydrogens is 798 g/mol. The minimum atomic E-state index is -0.829. The van der Waals surface area contributed by atoms with Crippen molar-refractivity contribution < 1.29 is 52.3 Å². The minimum absolute atomic E-state index is 0.0838. The number of ether oxygens (including phenoxy) is 7. The van der Waals surface area contributed by atoms with E-state index in [1.54, 1.807) is 42.5 Å². The van der Waals surface area contributed by atoms with E-state index in [1.807, 2.05) is 18.2 Å². The zero-order valence-corrected chi connectivity index (χ0v) is 34.0. The third-order valence-electron chi connectivity index (χ3n) is 7.30. The lowest BCUT2D eigenvalue weighted by molar-refractivity contribution is -0.145. The second-order valence-electron chi connectivity index (χ2n) is 12.4. The van der Waals surface area contributed by atoms with Crippen LogP contribution in [0, 0.1) is 0 Å². The van der Waals surface area contributed by atoms with Crippen LogP contribution in [0.5, 0.6) is 17.2 Å². The summed E-state index contributed by atoms with van der Waals surface area (Å²) in [4.78, 5) is 48.1. The van der Waals surface area contributed by atoms with E-state index in [4.69, 9.17) is 79.6 Å². The highest BCUT2D eigenvalue weighted by atomic mass is 35.5. The molecule has 0 fully saturated rings. The lowest BCUT2D eigenvalue weighted by Gasteiger charge is -2.16. The van der Waals surface area contributed by atoms with E-state index in [0.29, 0.717) is 52.5 Å². The molecule has 0 radical (unpaired) electrons. The van der Waals surface area contributed by atoms with Gasteiger partial charge in [-0.3, -0.25) is 19.2 Å². The molecule has 11 nitrogen and oxygen atoms in total. The number of benzene rings is 3. The highest BCUT2D eigenvalue weighted by molar-refractivity contribution is 6.30. The fourth-order valence-electron chi connectivity index (χ4n) is 4.61. The molecule has 0 N–H and O–H groups in total. The Kier molecular flexibility index (Phi) is 18.9. The summed E-state index contributed by atoms with van der Waals surface area (Å²) in [7, 11) is 0. The molecule has 3 aromatic carbocycles. The first kappa shape index (κ1) is 45.2. The predicted octanol–water partition coefficient (Wildman–Crippen LogP) is 8.48. The maximum atomic E-state index is 12.0. The van der Waals surface area contributed by atoms with Crippen LogP contribution >= 0.6 is 46.4 Å². The Labute approximate surface area is 341 Å². The summed E-state index contributed by atoms with van der Waals surface area (Å²) in [5, 5.41) is -3.32. The van der Waals surface area contributed by atoms with Gasteiger partial charge in [0.05, 0.1) is 6.61 Å². The third kappa shape index (κ3) is 16.6. The van der Waals surface area contributed by atoms with Gasteiger partial charge in [0.25, 0.3) is 0 Å². The summed E-state index contributed by atoms with van der Waals surface area (Å²) in [6.45, 7) is 10.0. The third-order valence-corrected chi connectivity index (χ3v) is 8.02. The van der Waals surface area contributed by atoms with E-state index in [0.717, 1.165) is 11.1 Å². The number of rotatable bonds is 22. The van der Waals surface area contributed by atoms with E-state index in [9.17, 15) is 19.2 Å². The van der Waals surface area contributed by atoms with E-state index in [2.05, 4.69) is 6.58 Å². The van der Waals surface area contributed by atoms with Gasteiger partial charge in [-0.1, -0.05) is 6.08 Å². The Morgan fingerprint density at radius 1 is 0.473 bits per heavy atom. The number of carbonyl (C=O) groups excluding carboxylic acids is 4. The zero-order chi connectivity index (χ0) is 40.5. The molecule has 0 heterocycles. The molecule has 0 aliphatic rings. The van der Waals surface area contributed by atoms with Crippen LogP contribution in [0.15, 0.2) is 67.3 Å². The van der Waals surface area contributed by atoms with Crippen LogP contribution in [0.1, 0.15) is 67.5 Å². The Morgan fingerprint density at radius 3 is 0.982 bits per heavy atom. The lowest BCUT2D eigenvalue weighted by atomic mass is 10.1. The highest BCUT2D eigenvalue weighted by Crippen LogP contribution is 2.26. The van der Waals surface area contributed by atoms with Crippen LogP contribution in [0.4, 0.5) is 0 Å². The zero-order valence-electron chi connectivity index (χ0n) is 30.9. The Morgan fingerprint density at radius 2 is 0.727 bits per heavy atom. The van der Waals surface area contributed by atoms with Crippen LogP contribution in [0.2, 0.25) is 0 Å². The molecule has 55 heavy (non-hydrogen) atoms. The van der Waals surface area contributed by atoms with Crippen molar-refractivity contribution in [3.05, 3.63) is 101 Å². The average Bonchev–Trinajstić information content (AvgIpc) is 3.15. The van der Waals surface area contributed by atoms with Crippen LogP contribution in [-0.4, -0.2) is 52.0 Å². The summed E-state index contributed by atoms with van der Waals surface area (Å²) in [5.41, 5.74) is 3.83. The van der Waals surface area contributed by atoms with E-state index in [-0.39, 0.29) is 39.6 Å². The van der Waals surface area contributed by atoms with Gasteiger partial charge in [0, 0.05) is 0 Å². The van der Waals surface area contributed by atoms with E-state index >= 15 is 0 Å². The first-order valence-corrected chi connectivity index (χ1v) is 19.0. The summed E-state index contributed by atoms with van der Waals surface area (Å²) in [5.74, 6) is -0.933. The summed E-state index contributed by atoms with van der Waals surface area (Å²) < 4.78 is 39.6. The molecule has 3 aromatic rings. The normalized spacial score (nSPS) is 13.0. The van der Waals surface area contributed by atoms with Crippen molar-refractivity contribution >= 4 is 70.3 Å². The summed E-state index contributed by atoms with van der Waals surface area (Å²) in [6.07, 6.45) is 2.37. The Bertz CT molecular complexity index is 1570. The molecule has 0 aliphatic carbocycles. The van der Waals surface area contributed by atoms with Crippen LogP contribution in [0.25, 0.3) is 0 Å². The molecule has 0 aromatic heterocycles. The van der Waals surface area contributed by atoms with Gasteiger partial charge in [0.15, 0.2) is 0 Å². The van der Waals surface area contributed by atoms with Crippen molar-refractivity contribution in [2.24, 2.45) is 0 Å². The van der Waals surface area contributed by atoms with Gasteiger partial charge >= 0.3 is 23.9 Å². The van der Waals surface area contributed by atoms with Crippen molar-refractivity contribution in [3.63, 3.8) is 0 Å². The molecule has 4 atom stereocenters. The average molecular weight is 843 g/mol. The largest absolute Gasteiger partial charge is 0.493 e. The minimum Gasteiger partial charge on any atom is -0.493 e. The molecule has 4 unspecified atom stereocenters. The fourth-order valence-corrected chi connectivity index (χ4v) is 4.86. The topological polar surface area (TPSA) is 133 Å². The maximum absolute atomic E-state index is 12.0. The molecule has 15 heteroatoms. The highest BCUT2D eigenvalue weighted by Gasteiger charge is 2.16. The van der Waals surface area contributed by atoms with Crippen LogP contribution < -0.4 is 14.2 Å². The molecule has 0 saturated heterocycles. The summed E-state index contributed by atoms with van der Waals surface area (Å²) in [6, 6.07) is 15.8. The number of hydrogen-bond acceptors (Lipinski definition) is 11. The molecule has 0 saturated carbocycles. The van der Waals surface area contributed by atoms with Gasteiger partial charge < -0.3 is 33.2 Å². The van der Waals surface area contributed by atoms with Gasteiger partial charge in [-0.25, -0.2) is 0 Å². The molecule has 298 valence electrons. The lowest BCUT2D eigenvalue weighted by Crippen LogP contribution is -2.15. The van der Waals surface area contributed by atoms with Crippen molar-refractivity contribution in [3.8, 4) is 17.2 Å². The number of alkyl halides is 4.